The van der Waals surface area contributed by atoms with Gasteiger partial charge in [0.25, 0.3) is 5.91 Å². The number of carbonyl (C=O) groups excluding carboxylic acids is 1. The van der Waals surface area contributed by atoms with E-state index in [1.807, 2.05) is 42.3 Å². The van der Waals surface area contributed by atoms with Crippen LogP contribution in [0.25, 0.3) is 0 Å². The van der Waals surface area contributed by atoms with Crippen LogP contribution in [0.5, 0.6) is 0 Å². The third kappa shape index (κ3) is 3.94. The zero-order valence-corrected chi connectivity index (χ0v) is 15.8. The van der Waals surface area contributed by atoms with Crippen LogP contribution in [0.15, 0.2) is 30.5 Å². The number of imidazole rings is 1. The molecular formula is C21H29N3O. The molecule has 1 aliphatic rings. The zero-order valence-electron chi connectivity index (χ0n) is 15.8. The molecule has 0 N–H and O–H groups in total. The SMILES string of the molecule is Cc1cccc(C(=O)N2CCCC(Cc3ncc(C)n3C(C)C)C2)c1. The maximum absolute atomic E-state index is 12.8. The lowest BCUT2D eigenvalue weighted by Crippen LogP contribution is -2.40. The maximum Gasteiger partial charge on any atom is 0.253 e. The van der Waals surface area contributed by atoms with E-state index < -0.39 is 0 Å². The molecule has 4 heteroatoms. The first kappa shape index (κ1) is 17.7. The molecular weight excluding hydrogens is 310 g/mol. The van der Waals surface area contributed by atoms with Gasteiger partial charge in [0.05, 0.1) is 0 Å². The van der Waals surface area contributed by atoms with Gasteiger partial charge in [-0.25, -0.2) is 4.98 Å². The zero-order chi connectivity index (χ0) is 18.0. The van der Waals surface area contributed by atoms with Crippen molar-refractivity contribution in [2.45, 2.75) is 53.0 Å². The molecule has 2 aromatic rings. The molecule has 0 aliphatic carbocycles. The summed E-state index contributed by atoms with van der Waals surface area (Å²) in [4.78, 5) is 19.5. The van der Waals surface area contributed by atoms with Gasteiger partial charge in [0.1, 0.15) is 5.82 Å². The smallest absolute Gasteiger partial charge is 0.253 e. The molecule has 0 saturated carbocycles. The summed E-state index contributed by atoms with van der Waals surface area (Å²) in [5.41, 5.74) is 3.16. The third-order valence-electron chi connectivity index (χ3n) is 5.12. The minimum atomic E-state index is 0.164. The molecule has 1 atom stereocenters. The number of hydrogen-bond acceptors (Lipinski definition) is 2. The van der Waals surface area contributed by atoms with Crippen LogP contribution in [0, 0.1) is 19.8 Å². The van der Waals surface area contributed by atoms with Gasteiger partial charge in [-0.05, 0) is 58.6 Å². The number of aromatic nitrogens is 2. The van der Waals surface area contributed by atoms with Gasteiger partial charge >= 0.3 is 0 Å². The molecule has 0 bridgehead atoms. The second-order valence-corrected chi connectivity index (χ2v) is 7.61. The lowest BCUT2D eigenvalue weighted by atomic mass is 9.93. The van der Waals surface area contributed by atoms with Crippen molar-refractivity contribution in [1.82, 2.24) is 14.5 Å². The molecule has 1 amide bonds. The lowest BCUT2D eigenvalue weighted by molar-refractivity contribution is 0.0671. The highest BCUT2D eigenvalue weighted by atomic mass is 16.2. The summed E-state index contributed by atoms with van der Waals surface area (Å²) in [6.45, 7) is 10.2. The molecule has 0 radical (unpaired) electrons. The highest BCUT2D eigenvalue weighted by Gasteiger charge is 2.26. The number of aryl methyl sites for hydroxylation is 2. The van der Waals surface area contributed by atoms with Crippen molar-refractivity contribution < 1.29 is 4.79 Å². The quantitative estimate of drug-likeness (QED) is 0.838. The fourth-order valence-electron chi connectivity index (χ4n) is 3.99. The van der Waals surface area contributed by atoms with Gasteiger partial charge in [-0.15, -0.1) is 0 Å². The first-order chi connectivity index (χ1) is 12.0. The molecule has 1 aromatic heterocycles. The van der Waals surface area contributed by atoms with Gasteiger partial charge in [0.2, 0.25) is 0 Å². The molecule has 1 fully saturated rings. The van der Waals surface area contributed by atoms with Gasteiger partial charge in [-0.2, -0.15) is 0 Å². The van der Waals surface area contributed by atoms with Crippen LogP contribution in [0.2, 0.25) is 0 Å². The Bertz CT molecular complexity index is 747. The fraction of sp³-hybridized carbons (Fsp3) is 0.524. The monoisotopic (exact) mass is 339 g/mol. The maximum atomic E-state index is 12.8. The lowest BCUT2D eigenvalue weighted by Gasteiger charge is -2.33. The summed E-state index contributed by atoms with van der Waals surface area (Å²) in [6.07, 6.45) is 5.16. The van der Waals surface area contributed by atoms with Crippen LogP contribution in [0.4, 0.5) is 0 Å². The normalized spacial score (nSPS) is 18.0. The molecule has 1 saturated heterocycles. The first-order valence-corrected chi connectivity index (χ1v) is 9.34. The number of hydrogen-bond donors (Lipinski definition) is 0. The number of benzene rings is 1. The Morgan fingerprint density at radius 3 is 2.84 bits per heavy atom. The Labute approximate surface area is 150 Å². The van der Waals surface area contributed by atoms with Crippen LogP contribution in [0.1, 0.15) is 60.2 Å². The minimum Gasteiger partial charge on any atom is -0.338 e. The van der Waals surface area contributed by atoms with E-state index in [9.17, 15) is 4.79 Å². The predicted molar refractivity (Wildman–Crippen MR) is 101 cm³/mol. The Morgan fingerprint density at radius 2 is 2.12 bits per heavy atom. The van der Waals surface area contributed by atoms with Crippen LogP contribution in [-0.2, 0) is 6.42 Å². The first-order valence-electron chi connectivity index (χ1n) is 9.34. The molecule has 1 aliphatic heterocycles. The van der Waals surface area contributed by atoms with Crippen molar-refractivity contribution >= 4 is 5.91 Å². The van der Waals surface area contributed by atoms with E-state index in [2.05, 4.69) is 30.3 Å². The van der Waals surface area contributed by atoms with Crippen LogP contribution in [0.3, 0.4) is 0 Å². The Kier molecular flexibility index (Phi) is 5.26. The summed E-state index contributed by atoms with van der Waals surface area (Å²) < 4.78 is 2.32. The molecule has 1 aromatic carbocycles. The van der Waals surface area contributed by atoms with Crippen molar-refractivity contribution in [3.8, 4) is 0 Å². The Hall–Kier alpha value is -2.10. The van der Waals surface area contributed by atoms with Crippen LogP contribution in [-0.4, -0.2) is 33.4 Å². The second-order valence-electron chi connectivity index (χ2n) is 7.61. The van der Waals surface area contributed by atoms with Crippen molar-refractivity contribution in [1.29, 1.82) is 0 Å². The van der Waals surface area contributed by atoms with Crippen molar-refractivity contribution in [3.05, 3.63) is 53.1 Å². The molecule has 2 heterocycles. The Balaban J connectivity index is 1.70. The standard InChI is InChI=1S/C21H29N3O/c1-15(2)24-17(4)13-22-20(24)12-18-8-6-10-23(14-18)21(25)19-9-5-7-16(3)11-19/h5,7,9,11,13,15,18H,6,8,10,12,14H2,1-4H3. The number of likely N-dealkylation sites (tertiary alicyclic amines) is 1. The van der Waals surface area contributed by atoms with E-state index in [1.54, 1.807) is 0 Å². The molecule has 0 spiro atoms. The predicted octanol–water partition coefficient (Wildman–Crippen LogP) is 4.18. The van der Waals surface area contributed by atoms with Crippen molar-refractivity contribution in [2.24, 2.45) is 5.92 Å². The topological polar surface area (TPSA) is 38.1 Å². The molecule has 1 unspecified atom stereocenters. The average molecular weight is 339 g/mol. The number of amides is 1. The van der Waals surface area contributed by atoms with Crippen LogP contribution >= 0.6 is 0 Å². The van der Waals surface area contributed by atoms with E-state index in [4.69, 9.17) is 0 Å². The van der Waals surface area contributed by atoms with E-state index in [0.29, 0.717) is 12.0 Å². The second kappa shape index (κ2) is 7.42. The largest absolute Gasteiger partial charge is 0.338 e. The van der Waals surface area contributed by atoms with Crippen molar-refractivity contribution in [2.75, 3.05) is 13.1 Å². The van der Waals surface area contributed by atoms with E-state index in [-0.39, 0.29) is 5.91 Å². The summed E-state index contributed by atoms with van der Waals surface area (Å²) >= 11 is 0. The molecule has 3 rings (SSSR count). The Morgan fingerprint density at radius 1 is 1.32 bits per heavy atom. The van der Waals surface area contributed by atoms with E-state index in [1.165, 1.54) is 12.1 Å². The molecule has 25 heavy (non-hydrogen) atoms. The summed E-state index contributed by atoms with van der Waals surface area (Å²) in [6, 6.07) is 8.33. The highest BCUT2D eigenvalue weighted by molar-refractivity contribution is 5.94. The van der Waals surface area contributed by atoms with Gasteiger partial charge in [-0.1, -0.05) is 17.7 Å². The number of carbonyl (C=O) groups is 1. The minimum absolute atomic E-state index is 0.164. The number of rotatable bonds is 4. The fourth-order valence-corrected chi connectivity index (χ4v) is 3.99. The van der Waals surface area contributed by atoms with Crippen molar-refractivity contribution in [3.63, 3.8) is 0 Å². The van der Waals surface area contributed by atoms with Gasteiger partial charge in [-0.3, -0.25) is 4.79 Å². The van der Waals surface area contributed by atoms with E-state index >= 15 is 0 Å². The summed E-state index contributed by atoms with van der Waals surface area (Å²) in [7, 11) is 0. The van der Waals surface area contributed by atoms with Crippen LogP contribution < -0.4 is 0 Å². The van der Waals surface area contributed by atoms with Gasteiger partial charge in [0, 0.05) is 43.0 Å². The van der Waals surface area contributed by atoms with E-state index in [0.717, 1.165) is 42.9 Å². The number of piperidine rings is 1. The number of nitrogens with zero attached hydrogens (tertiary/aromatic N) is 3. The highest BCUT2D eigenvalue weighted by Crippen LogP contribution is 2.24. The summed E-state index contributed by atoms with van der Waals surface area (Å²) in [5.74, 6) is 1.81. The third-order valence-corrected chi connectivity index (χ3v) is 5.12. The molecule has 134 valence electrons. The average Bonchev–Trinajstić information content (AvgIpc) is 2.95. The molecule has 4 nitrogen and oxygen atoms in total. The van der Waals surface area contributed by atoms with Gasteiger partial charge in [0.15, 0.2) is 0 Å². The summed E-state index contributed by atoms with van der Waals surface area (Å²) in [5, 5.41) is 0. The van der Waals surface area contributed by atoms with Gasteiger partial charge < -0.3 is 9.47 Å².